The second-order valence-corrected chi connectivity index (χ2v) is 3.61. The van der Waals surface area contributed by atoms with Gasteiger partial charge in [-0.1, -0.05) is 20.3 Å². The Morgan fingerprint density at radius 1 is 1.40 bits per heavy atom. The quantitative estimate of drug-likeness (QED) is 0.595. The molecule has 0 heterocycles. The summed E-state index contributed by atoms with van der Waals surface area (Å²) in [7, 11) is 0. The van der Waals surface area contributed by atoms with Crippen LogP contribution in [0, 0.1) is 11.8 Å². The van der Waals surface area contributed by atoms with Gasteiger partial charge in [-0.15, -0.1) is 0 Å². The van der Waals surface area contributed by atoms with Crippen molar-refractivity contribution in [3.05, 3.63) is 0 Å². The predicted octanol–water partition coefficient (Wildman–Crippen LogP) is 2.19. The van der Waals surface area contributed by atoms with Crippen LogP contribution in [0.1, 0.15) is 39.5 Å². The first-order chi connectivity index (χ1) is 4.74. The standard InChI is InChI=1S/C9H18O/c1-3-8-6-9(10)5-4-7(8)2/h7-10H,3-6H2,1-2H3. The summed E-state index contributed by atoms with van der Waals surface area (Å²) >= 11 is 0. The van der Waals surface area contributed by atoms with Crippen LogP contribution >= 0.6 is 0 Å². The number of aliphatic hydroxyl groups excluding tert-OH is 1. The van der Waals surface area contributed by atoms with Crippen LogP contribution in [0.15, 0.2) is 0 Å². The van der Waals surface area contributed by atoms with E-state index in [0.717, 1.165) is 24.7 Å². The lowest BCUT2D eigenvalue weighted by Crippen LogP contribution is -2.25. The van der Waals surface area contributed by atoms with E-state index < -0.39 is 0 Å². The predicted molar refractivity (Wildman–Crippen MR) is 42.8 cm³/mol. The normalized spacial score (nSPS) is 41.7. The van der Waals surface area contributed by atoms with Crippen molar-refractivity contribution in [2.24, 2.45) is 11.8 Å². The summed E-state index contributed by atoms with van der Waals surface area (Å²) in [5.74, 6) is 1.62. The van der Waals surface area contributed by atoms with Crippen molar-refractivity contribution in [3.8, 4) is 0 Å². The van der Waals surface area contributed by atoms with Gasteiger partial charge in [0.2, 0.25) is 0 Å². The average Bonchev–Trinajstić information content (AvgIpc) is 1.94. The van der Waals surface area contributed by atoms with Crippen molar-refractivity contribution < 1.29 is 5.11 Å². The largest absolute Gasteiger partial charge is 0.393 e. The van der Waals surface area contributed by atoms with E-state index in [4.69, 9.17) is 0 Å². The summed E-state index contributed by atoms with van der Waals surface area (Å²) in [6.07, 6.45) is 4.52. The third kappa shape index (κ3) is 1.72. The molecular formula is C9H18O. The SMILES string of the molecule is CCC1CC(O)CCC1C. The molecule has 0 spiro atoms. The van der Waals surface area contributed by atoms with E-state index in [1.165, 1.54) is 12.8 Å². The molecule has 0 bridgehead atoms. The second kappa shape index (κ2) is 3.38. The van der Waals surface area contributed by atoms with E-state index in [0.29, 0.717) is 0 Å². The van der Waals surface area contributed by atoms with Crippen molar-refractivity contribution >= 4 is 0 Å². The third-order valence-electron chi connectivity index (χ3n) is 2.86. The second-order valence-electron chi connectivity index (χ2n) is 3.61. The number of hydrogen-bond donors (Lipinski definition) is 1. The summed E-state index contributed by atoms with van der Waals surface area (Å²) in [5, 5.41) is 9.33. The molecule has 1 nitrogen and oxygen atoms in total. The zero-order valence-electron chi connectivity index (χ0n) is 7.01. The maximum Gasteiger partial charge on any atom is 0.0543 e. The molecule has 60 valence electrons. The molecule has 0 aromatic carbocycles. The highest BCUT2D eigenvalue weighted by molar-refractivity contribution is 4.76. The van der Waals surface area contributed by atoms with Crippen LogP contribution in [0.4, 0.5) is 0 Å². The molecule has 1 fully saturated rings. The van der Waals surface area contributed by atoms with Crippen molar-refractivity contribution in [1.82, 2.24) is 0 Å². The maximum atomic E-state index is 9.33. The summed E-state index contributed by atoms with van der Waals surface area (Å²) < 4.78 is 0. The van der Waals surface area contributed by atoms with Crippen molar-refractivity contribution in [1.29, 1.82) is 0 Å². The summed E-state index contributed by atoms with van der Waals surface area (Å²) in [6.45, 7) is 4.53. The minimum atomic E-state index is 0.00106. The van der Waals surface area contributed by atoms with E-state index in [2.05, 4.69) is 13.8 Å². The first kappa shape index (κ1) is 8.06. The van der Waals surface area contributed by atoms with Gasteiger partial charge < -0.3 is 5.11 Å². The Hall–Kier alpha value is -0.0400. The Bertz CT molecular complexity index is 101. The smallest absolute Gasteiger partial charge is 0.0543 e. The van der Waals surface area contributed by atoms with Gasteiger partial charge in [-0.05, 0) is 31.1 Å². The van der Waals surface area contributed by atoms with Gasteiger partial charge in [-0.3, -0.25) is 0 Å². The lowest BCUT2D eigenvalue weighted by atomic mass is 9.78. The molecule has 0 saturated heterocycles. The number of rotatable bonds is 1. The monoisotopic (exact) mass is 142 g/mol. The van der Waals surface area contributed by atoms with Gasteiger partial charge in [-0.25, -0.2) is 0 Å². The van der Waals surface area contributed by atoms with Gasteiger partial charge in [0.25, 0.3) is 0 Å². The highest BCUT2D eigenvalue weighted by Crippen LogP contribution is 2.31. The van der Waals surface area contributed by atoms with Gasteiger partial charge >= 0.3 is 0 Å². The Morgan fingerprint density at radius 3 is 2.60 bits per heavy atom. The summed E-state index contributed by atoms with van der Waals surface area (Å²) in [5.41, 5.74) is 0. The highest BCUT2D eigenvalue weighted by Gasteiger charge is 2.24. The Kier molecular flexibility index (Phi) is 2.72. The van der Waals surface area contributed by atoms with E-state index in [1.807, 2.05) is 0 Å². The zero-order valence-corrected chi connectivity index (χ0v) is 7.01. The van der Waals surface area contributed by atoms with Gasteiger partial charge in [-0.2, -0.15) is 0 Å². The number of aliphatic hydroxyl groups is 1. The molecule has 0 aromatic rings. The van der Waals surface area contributed by atoms with Crippen LogP contribution in [-0.4, -0.2) is 11.2 Å². The van der Waals surface area contributed by atoms with Crippen LogP contribution in [-0.2, 0) is 0 Å². The molecule has 1 N–H and O–H groups in total. The molecule has 0 aromatic heterocycles. The molecule has 10 heavy (non-hydrogen) atoms. The van der Waals surface area contributed by atoms with Crippen LogP contribution in [0.3, 0.4) is 0 Å². The highest BCUT2D eigenvalue weighted by atomic mass is 16.3. The van der Waals surface area contributed by atoms with Crippen LogP contribution in [0.25, 0.3) is 0 Å². The van der Waals surface area contributed by atoms with Gasteiger partial charge in [0.1, 0.15) is 0 Å². The third-order valence-corrected chi connectivity index (χ3v) is 2.86. The molecule has 1 saturated carbocycles. The first-order valence-corrected chi connectivity index (χ1v) is 4.42. The van der Waals surface area contributed by atoms with Gasteiger partial charge in [0.05, 0.1) is 6.10 Å². The van der Waals surface area contributed by atoms with E-state index in [1.54, 1.807) is 0 Å². The summed E-state index contributed by atoms with van der Waals surface area (Å²) in [4.78, 5) is 0. The molecule has 1 rings (SSSR count). The molecule has 3 unspecified atom stereocenters. The molecule has 1 aliphatic rings. The van der Waals surface area contributed by atoms with E-state index >= 15 is 0 Å². The topological polar surface area (TPSA) is 20.2 Å². The maximum absolute atomic E-state index is 9.33. The molecule has 1 heteroatoms. The van der Waals surface area contributed by atoms with E-state index in [9.17, 15) is 5.11 Å². The van der Waals surface area contributed by atoms with E-state index in [-0.39, 0.29) is 6.10 Å². The van der Waals surface area contributed by atoms with Crippen LogP contribution in [0.2, 0.25) is 0 Å². The van der Waals surface area contributed by atoms with Gasteiger partial charge in [0.15, 0.2) is 0 Å². The Morgan fingerprint density at radius 2 is 2.10 bits per heavy atom. The van der Waals surface area contributed by atoms with Crippen molar-refractivity contribution in [2.75, 3.05) is 0 Å². The summed E-state index contributed by atoms with van der Waals surface area (Å²) in [6, 6.07) is 0. The Labute approximate surface area is 63.4 Å². The van der Waals surface area contributed by atoms with Crippen molar-refractivity contribution in [2.45, 2.75) is 45.6 Å². The number of hydrogen-bond acceptors (Lipinski definition) is 1. The zero-order chi connectivity index (χ0) is 7.56. The molecule has 0 radical (unpaired) electrons. The molecule has 1 aliphatic carbocycles. The van der Waals surface area contributed by atoms with Crippen molar-refractivity contribution in [3.63, 3.8) is 0 Å². The molecule has 0 amide bonds. The lowest BCUT2D eigenvalue weighted by Gasteiger charge is -2.30. The van der Waals surface area contributed by atoms with Crippen LogP contribution in [0.5, 0.6) is 0 Å². The Balaban J connectivity index is 2.38. The van der Waals surface area contributed by atoms with Gasteiger partial charge in [0, 0.05) is 0 Å². The fourth-order valence-electron chi connectivity index (χ4n) is 1.96. The average molecular weight is 142 g/mol. The molecular weight excluding hydrogens is 124 g/mol. The molecule has 3 atom stereocenters. The van der Waals surface area contributed by atoms with Crippen LogP contribution < -0.4 is 0 Å². The first-order valence-electron chi connectivity index (χ1n) is 4.42. The minimum absolute atomic E-state index is 0.00106. The molecule has 0 aliphatic heterocycles. The lowest BCUT2D eigenvalue weighted by molar-refractivity contribution is 0.0726. The fourth-order valence-corrected chi connectivity index (χ4v) is 1.96. The fraction of sp³-hybridized carbons (Fsp3) is 1.00. The minimum Gasteiger partial charge on any atom is -0.393 e.